The molecule has 1 heterocycles. The summed E-state index contributed by atoms with van der Waals surface area (Å²) in [7, 11) is 0. The number of hydrogen-bond donors (Lipinski definition) is 1. The maximum absolute atomic E-state index is 13.8. The van der Waals surface area contributed by atoms with Gasteiger partial charge in [0.1, 0.15) is 5.82 Å². The first-order valence-corrected chi connectivity index (χ1v) is 9.00. The molecular formula is C21H25FN2O. The largest absolute Gasteiger partial charge is 0.355 e. The molecule has 3 rings (SSSR count). The van der Waals surface area contributed by atoms with Gasteiger partial charge in [0.15, 0.2) is 0 Å². The first-order valence-electron chi connectivity index (χ1n) is 9.00. The van der Waals surface area contributed by atoms with Gasteiger partial charge in [0.25, 0.3) is 0 Å². The highest BCUT2D eigenvalue weighted by molar-refractivity contribution is 5.78. The Bertz CT molecular complexity index is 689. The fraction of sp³-hybridized carbons (Fsp3) is 0.381. The van der Waals surface area contributed by atoms with E-state index in [0.29, 0.717) is 25.2 Å². The van der Waals surface area contributed by atoms with Gasteiger partial charge in [-0.15, -0.1) is 0 Å². The number of halogens is 1. The van der Waals surface area contributed by atoms with Crippen molar-refractivity contribution in [3.05, 3.63) is 71.5 Å². The Morgan fingerprint density at radius 2 is 1.88 bits per heavy atom. The fourth-order valence-electron chi connectivity index (χ4n) is 3.40. The molecule has 2 aromatic carbocycles. The minimum atomic E-state index is -0.170. The molecule has 1 fully saturated rings. The number of carbonyl (C=O) groups is 1. The van der Waals surface area contributed by atoms with Crippen molar-refractivity contribution in [2.45, 2.75) is 25.8 Å². The van der Waals surface area contributed by atoms with Gasteiger partial charge in [-0.1, -0.05) is 48.5 Å². The topological polar surface area (TPSA) is 32.3 Å². The quantitative estimate of drug-likeness (QED) is 0.874. The van der Waals surface area contributed by atoms with Crippen LogP contribution in [0, 0.1) is 11.7 Å². The van der Waals surface area contributed by atoms with Crippen LogP contribution < -0.4 is 5.32 Å². The molecule has 0 spiro atoms. The van der Waals surface area contributed by atoms with Crippen LogP contribution in [0.3, 0.4) is 0 Å². The lowest BCUT2D eigenvalue weighted by molar-refractivity contribution is -0.126. The van der Waals surface area contributed by atoms with E-state index < -0.39 is 0 Å². The molecule has 0 bridgehead atoms. The zero-order chi connectivity index (χ0) is 17.5. The lowest BCUT2D eigenvalue weighted by Crippen LogP contribution is -2.43. The predicted molar refractivity (Wildman–Crippen MR) is 97.6 cm³/mol. The Labute approximate surface area is 148 Å². The fourth-order valence-corrected chi connectivity index (χ4v) is 3.40. The van der Waals surface area contributed by atoms with Gasteiger partial charge in [0.2, 0.25) is 5.91 Å². The number of benzene rings is 2. The molecule has 0 aliphatic carbocycles. The molecule has 132 valence electrons. The van der Waals surface area contributed by atoms with E-state index in [2.05, 4.69) is 22.3 Å². The molecule has 1 unspecified atom stereocenters. The molecule has 1 N–H and O–H groups in total. The van der Waals surface area contributed by atoms with Crippen LogP contribution in [0.5, 0.6) is 0 Å². The van der Waals surface area contributed by atoms with E-state index >= 15 is 0 Å². The summed E-state index contributed by atoms with van der Waals surface area (Å²) in [6.45, 7) is 2.85. The average molecular weight is 340 g/mol. The number of hydrogen-bond acceptors (Lipinski definition) is 2. The maximum Gasteiger partial charge on any atom is 0.224 e. The molecule has 2 aromatic rings. The number of nitrogens with zero attached hydrogens (tertiary/aromatic N) is 1. The number of carbonyl (C=O) groups excluding carboxylic acids is 1. The highest BCUT2D eigenvalue weighted by Crippen LogP contribution is 2.19. The average Bonchev–Trinajstić information content (AvgIpc) is 2.65. The first-order chi connectivity index (χ1) is 12.2. The summed E-state index contributed by atoms with van der Waals surface area (Å²) in [6, 6.07) is 17.0. The van der Waals surface area contributed by atoms with E-state index in [9.17, 15) is 9.18 Å². The Morgan fingerprint density at radius 3 is 2.68 bits per heavy atom. The second kappa shape index (κ2) is 8.77. The number of nitrogens with one attached hydrogen (secondary N) is 1. The number of rotatable bonds is 6. The second-order valence-corrected chi connectivity index (χ2v) is 6.69. The van der Waals surface area contributed by atoms with Crippen LogP contribution >= 0.6 is 0 Å². The zero-order valence-electron chi connectivity index (χ0n) is 14.5. The minimum absolute atomic E-state index is 0.00343. The number of likely N-dealkylation sites (tertiary alicyclic amines) is 1. The van der Waals surface area contributed by atoms with Crippen LogP contribution in [0.25, 0.3) is 0 Å². The molecule has 3 nitrogen and oxygen atoms in total. The van der Waals surface area contributed by atoms with E-state index in [1.807, 2.05) is 30.3 Å². The van der Waals surface area contributed by atoms with Gasteiger partial charge in [0, 0.05) is 25.2 Å². The van der Waals surface area contributed by atoms with E-state index in [1.165, 1.54) is 11.6 Å². The summed E-state index contributed by atoms with van der Waals surface area (Å²) in [4.78, 5) is 14.6. The molecule has 4 heteroatoms. The highest BCUT2D eigenvalue weighted by Gasteiger charge is 2.25. The summed E-state index contributed by atoms with van der Waals surface area (Å²) >= 11 is 0. The Morgan fingerprint density at radius 1 is 1.12 bits per heavy atom. The van der Waals surface area contributed by atoms with Crippen LogP contribution in [0.15, 0.2) is 54.6 Å². The van der Waals surface area contributed by atoms with Crippen molar-refractivity contribution in [1.29, 1.82) is 0 Å². The SMILES string of the molecule is O=C(NCCc1ccccc1)C1CCCN(Cc2ccccc2F)C1. The first kappa shape index (κ1) is 17.6. The van der Waals surface area contributed by atoms with Crippen molar-refractivity contribution in [2.24, 2.45) is 5.92 Å². The lowest BCUT2D eigenvalue weighted by Gasteiger charge is -2.32. The number of amides is 1. The van der Waals surface area contributed by atoms with Gasteiger partial charge in [-0.05, 0) is 37.4 Å². The summed E-state index contributed by atoms with van der Waals surface area (Å²) < 4.78 is 13.8. The molecule has 1 atom stereocenters. The Balaban J connectivity index is 1.47. The van der Waals surface area contributed by atoms with Crippen molar-refractivity contribution in [3.8, 4) is 0 Å². The molecule has 1 saturated heterocycles. The van der Waals surface area contributed by atoms with E-state index in [4.69, 9.17) is 0 Å². The molecule has 0 radical (unpaired) electrons. The van der Waals surface area contributed by atoms with Gasteiger partial charge in [-0.2, -0.15) is 0 Å². The number of piperidine rings is 1. The van der Waals surface area contributed by atoms with Crippen molar-refractivity contribution in [2.75, 3.05) is 19.6 Å². The third kappa shape index (κ3) is 5.13. The highest BCUT2D eigenvalue weighted by atomic mass is 19.1. The lowest BCUT2D eigenvalue weighted by atomic mass is 9.96. The van der Waals surface area contributed by atoms with Gasteiger partial charge in [-0.25, -0.2) is 4.39 Å². The van der Waals surface area contributed by atoms with Crippen molar-refractivity contribution >= 4 is 5.91 Å². The molecular weight excluding hydrogens is 315 g/mol. The molecule has 1 aliphatic rings. The van der Waals surface area contributed by atoms with Crippen LogP contribution in [-0.4, -0.2) is 30.4 Å². The third-order valence-corrected chi connectivity index (χ3v) is 4.78. The second-order valence-electron chi connectivity index (χ2n) is 6.69. The summed E-state index contributed by atoms with van der Waals surface area (Å²) in [5, 5.41) is 3.06. The van der Waals surface area contributed by atoms with E-state index in [-0.39, 0.29) is 17.6 Å². The predicted octanol–water partition coefficient (Wildman–Crippen LogP) is 3.40. The smallest absolute Gasteiger partial charge is 0.224 e. The normalized spacial score (nSPS) is 18.0. The summed E-state index contributed by atoms with van der Waals surface area (Å²) in [6.07, 6.45) is 2.73. The van der Waals surface area contributed by atoms with Crippen molar-refractivity contribution in [1.82, 2.24) is 10.2 Å². The molecule has 25 heavy (non-hydrogen) atoms. The van der Waals surface area contributed by atoms with Gasteiger partial charge in [0.05, 0.1) is 5.92 Å². The summed E-state index contributed by atoms with van der Waals surface area (Å²) in [5.41, 5.74) is 1.93. The van der Waals surface area contributed by atoms with Crippen LogP contribution in [-0.2, 0) is 17.8 Å². The Kier molecular flexibility index (Phi) is 6.18. The van der Waals surface area contributed by atoms with Crippen molar-refractivity contribution in [3.63, 3.8) is 0 Å². The van der Waals surface area contributed by atoms with E-state index in [1.54, 1.807) is 6.07 Å². The molecule has 0 aromatic heterocycles. The van der Waals surface area contributed by atoms with Crippen LogP contribution in [0.1, 0.15) is 24.0 Å². The van der Waals surface area contributed by atoms with E-state index in [0.717, 1.165) is 25.8 Å². The molecule has 1 amide bonds. The maximum atomic E-state index is 13.8. The van der Waals surface area contributed by atoms with Gasteiger partial charge < -0.3 is 5.32 Å². The Hall–Kier alpha value is -2.20. The minimum Gasteiger partial charge on any atom is -0.355 e. The van der Waals surface area contributed by atoms with Crippen molar-refractivity contribution < 1.29 is 9.18 Å². The zero-order valence-corrected chi connectivity index (χ0v) is 14.5. The van der Waals surface area contributed by atoms with Crippen LogP contribution in [0.2, 0.25) is 0 Å². The van der Waals surface area contributed by atoms with Gasteiger partial charge >= 0.3 is 0 Å². The summed E-state index contributed by atoms with van der Waals surface area (Å²) in [5.74, 6) is -0.0533. The molecule has 1 aliphatic heterocycles. The third-order valence-electron chi connectivity index (χ3n) is 4.78. The monoisotopic (exact) mass is 340 g/mol. The van der Waals surface area contributed by atoms with Gasteiger partial charge in [-0.3, -0.25) is 9.69 Å². The van der Waals surface area contributed by atoms with Crippen LogP contribution in [0.4, 0.5) is 4.39 Å². The standard InChI is InChI=1S/C21H25FN2O/c22-20-11-5-4-9-18(20)15-24-14-6-10-19(16-24)21(25)23-13-12-17-7-2-1-3-8-17/h1-5,7-9,11,19H,6,10,12-16H2,(H,23,25). The molecule has 0 saturated carbocycles.